The molecule has 170 valence electrons. The van der Waals surface area contributed by atoms with Crippen LogP contribution in [-0.4, -0.2) is 25.7 Å². The van der Waals surface area contributed by atoms with Crippen LogP contribution in [0.1, 0.15) is 71.5 Å². The Balaban J connectivity index is 1.59. The number of hydrogen-bond acceptors (Lipinski definition) is 5. The van der Waals surface area contributed by atoms with E-state index in [1.807, 2.05) is 13.0 Å². The number of alkyl halides is 3. The van der Waals surface area contributed by atoms with Crippen molar-refractivity contribution >= 4 is 5.91 Å². The van der Waals surface area contributed by atoms with Crippen LogP contribution in [0.5, 0.6) is 0 Å². The van der Waals surface area contributed by atoms with Gasteiger partial charge in [0.25, 0.3) is 5.91 Å². The Morgan fingerprint density at radius 1 is 1.21 bits per heavy atom. The summed E-state index contributed by atoms with van der Waals surface area (Å²) >= 11 is 0. The quantitative estimate of drug-likeness (QED) is 0.589. The van der Waals surface area contributed by atoms with E-state index in [2.05, 4.69) is 20.4 Å². The van der Waals surface area contributed by atoms with Gasteiger partial charge in [-0.25, -0.2) is 9.97 Å². The standard InChI is InChI=1S/C23H21F3N6O/c1-13(16-4-5-16)17-7-18(9-19(8-17)23(24,25)26)22(33)31-14(2)21-29-12-30-32(21)20-6-3-15(10-27)11-28-20/h3,6-9,11-14,16H,4-5H2,1-2H3,(H,31,33). The van der Waals surface area contributed by atoms with Crippen LogP contribution < -0.4 is 5.32 Å². The Morgan fingerprint density at radius 3 is 2.58 bits per heavy atom. The molecule has 10 heteroatoms. The van der Waals surface area contributed by atoms with Crippen molar-refractivity contribution in [3.63, 3.8) is 0 Å². The number of nitrogens with one attached hydrogen (secondary N) is 1. The molecule has 1 saturated carbocycles. The Morgan fingerprint density at radius 2 is 1.97 bits per heavy atom. The van der Waals surface area contributed by atoms with Crippen molar-refractivity contribution in [1.82, 2.24) is 25.1 Å². The van der Waals surface area contributed by atoms with Crippen molar-refractivity contribution < 1.29 is 18.0 Å². The Bertz CT molecular complexity index is 1210. The summed E-state index contributed by atoms with van der Waals surface area (Å²) in [6.45, 7) is 3.55. The summed E-state index contributed by atoms with van der Waals surface area (Å²) in [5.41, 5.74) is -0.00499. The number of carbonyl (C=O) groups excluding carboxylic acids is 1. The van der Waals surface area contributed by atoms with Crippen molar-refractivity contribution in [2.24, 2.45) is 5.92 Å². The van der Waals surface area contributed by atoms with E-state index in [0.717, 1.165) is 25.0 Å². The maximum absolute atomic E-state index is 13.5. The fraction of sp³-hybridized carbons (Fsp3) is 0.348. The van der Waals surface area contributed by atoms with Crippen molar-refractivity contribution in [2.45, 2.75) is 44.8 Å². The molecular formula is C23H21F3N6O. The first-order valence-electron chi connectivity index (χ1n) is 10.5. The minimum Gasteiger partial charge on any atom is -0.342 e. The molecule has 2 unspecified atom stereocenters. The van der Waals surface area contributed by atoms with Gasteiger partial charge in [0, 0.05) is 11.8 Å². The molecule has 1 amide bonds. The fourth-order valence-corrected chi connectivity index (χ4v) is 3.72. The third-order valence-corrected chi connectivity index (χ3v) is 5.80. The van der Waals surface area contributed by atoms with E-state index < -0.39 is 23.7 Å². The van der Waals surface area contributed by atoms with Crippen molar-refractivity contribution in [3.05, 3.63) is 70.9 Å². The second kappa shape index (κ2) is 8.65. The van der Waals surface area contributed by atoms with Crippen molar-refractivity contribution in [3.8, 4) is 11.9 Å². The molecule has 3 aromatic rings. The topological polar surface area (TPSA) is 96.5 Å². The van der Waals surface area contributed by atoms with E-state index in [-0.39, 0.29) is 11.5 Å². The zero-order chi connectivity index (χ0) is 23.8. The molecule has 0 bridgehead atoms. The molecule has 2 heterocycles. The Hall–Kier alpha value is -3.74. The summed E-state index contributed by atoms with van der Waals surface area (Å²) < 4.78 is 41.9. The molecule has 33 heavy (non-hydrogen) atoms. The third kappa shape index (κ3) is 4.87. The number of benzene rings is 1. The number of pyridine rings is 1. The van der Waals surface area contributed by atoms with Crippen LogP contribution in [0.4, 0.5) is 13.2 Å². The van der Waals surface area contributed by atoms with Crippen molar-refractivity contribution in [2.75, 3.05) is 0 Å². The first-order valence-corrected chi connectivity index (χ1v) is 10.5. The number of hydrogen-bond donors (Lipinski definition) is 1. The smallest absolute Gasteiger partial charge is 0.342 e. The zero-order valence-corrected chi connectivity index (χ0v) is 18.0. The monoisotopic (exact) mass is 454 g/mol. The number of nitrogens with zero attached hydrogens (tertiary/aromatic N) is 5. The van der Waals surface area contributed by atoms with E-state index in [1.54, 1.807) is 19.1 Å². The highest BCUT2D eigenvalue weighted by Gasteiger charge is 2.35. The van der Waals surface area contributed by atoms with Crippen LogP contribution in [0.2, 0.25) is 0 Å². The maximum atomic E-state index is 13.5. The number of nitriles is 1. The van der Waals surface area contributed by atoms with Gasteiger partial charge < -0.3 is 5.32 Å². The lowest BCUT2D eigenvalue weighted by atomic mass is 9.92. The second-order valence-corrected chi connectivity index (χ2v) is 8.21. The highest BCUT2D eigenvalue weighted by molar-refractivity contribution is 5.94. The Labute approximate surface area is 188 Å². The summed E-state index contributed by atoms with van der Waals surface area (Å²) in [6, 6.07) is 8.01. The van der Waals surface area contributed by atoms with Crippen LogP contribution in [0.25, 0.3) is 5.82 Å². The number of carbonyl (C=O) groups is 1. The minimum absolute atomic E-state index is 0.0539. The predicted octanol–water partition coefficient (Wildman–Crippen LogP) is 4.56. The number of rotatable bonds is 6. The molecular weight excluding hydrogens is 433 g/mol. The van der Waals surface area contributed by atoms with Crippen LogP contribution in [0, 0.1) is 17.2 Å². The van der Waals surface area contributed by atoms with Crippen LogP contribution in [0.3, 0.4) is 0 Å². The summed E-state index contributed by atoms with van der Waals surface area (Å²) in [7, 11) is 0. The highest BCUT2D eigenvalue weighted by atomic mass is 19.4. The average Bonchev–Trinajstić information content (AvgIpc) is 3.53. The Kier molecular flexibility index (Phi) is 5.89. The summed E-state index contributed by atoms with van der Waals surface area (Å²) in [4.78, 5) is 21.3. The summed E-state index contributed by atoms with van der Waals surface area (Å²) in [6.07, 6.45) is 0.0816. The van der Waals surface area contributed by atoms with E-state index >= 15 is 0 Å². The van der Waals surface area contributed by atoms with Gasteiger partial charge in [-0.2, -0.15) is 28.2 Å². The highest BCUT2D eigenvalue weighted by Crippen LogP contribution is 2.43. The number of amides is 1. The molecule has 4 rings (SSSR count). The maximum Gasteiger partial charge on any atom is 0.416 e. The zero-order valence-electron chi connectivity index (χ0n) is 18.0. The lowest BCUT2D eigenvalue weighted by molar-refractivity contribution is -0.137. The minimum atomic E-state index is -4.55. The van der Waals surface area contributed by atoms with Crippen LogP contribution >= 0.6 is 0 Å². The molecule has 0 aliphatic heterocycles. The number of halogens is 3. The number of aromatic nitrogens is 4. The molecule has 1 aromatic carbocycles. The first-order chi connectivity index (χ1) is 15.7. The lowest BCUT2D eigenvalue weighted by Gasteiger charge is -2.18. The normalized spacial score (nSPS) is 15.5. The van der Waals surface area contributed by atoms with E-state index in [9.17, 15) is 18.0 Å². The van der Waals surface area contributed by atoms with Gasteiger partial charge in [0.2, 0.25) is 0 Å². The van der Waals surface area contributed by atoms with Gasteiger partial charge in [-0.05, 0) is 67.5 Å². The van der Waals surface area contributed by atoms with E-state index in [0.29, 0.717) is 28.7 Å². The molecule has 0 spiro atoms. The average molecular weight is 454 g/mol. The predicted molar refractivity (Wildman–Crippen MR) is 112 cm³/mol. The fourth-order valence-electron chi connectivity index (χ4n) is 3.72. The van der Waals surface area contributed by atoms with Gasteiger partial charge in [-0.3, -0.25) is 4.79 Å². The molecule has 1 N–H and O–H groups in total. The van der Waals surface area contributed by atoms with Gasteiger partial charge in [-0.15, -0.1) is 0 Å². The van der Waals surface area contributed by atoms with Gasteiger partial charge in [0.15, 0.2) is 11.6 Å². The molecule has 2 atom stereocenters. The molecule has 0 saturated heterocycles. The lowest BCUT2D eigenvalue weighted by Crippen LogP contribution is -2.29. The van der Waals surface area contributed by atoms with Crippen LogP contribution in [-0.2, 0) is 6.18 Å². The molecule has 2 aromatic heterocycles. The SMILES string of the molecule is CC(NC(=O)c1cc(C(C)C2CC2)cc(C(F)(F)F)c1)c1ncnn1-c1ccc(C#N)cn1. The molecule has 1 aliphatic carbocycles. The van der Waals surface area contributed by atoms with Gasteiger partial charge >= 0.3 is 6.18 Å². The van der Waals surface area contributed by atoms with E-state index in [1.165, 1.54) is 23.3 Å². The van der Waals surface area contributed by atoms with Gasteiger partial charge in [0.05, 0.1) is 17.2 Å². The molecule has 7 nitrogen and oxygen atoms in total. The summed E-state index contributed by atoms with van der Waals surface area (Å²) in [5.74, 6) is 0.394. The summed E-state index contributed by atoms with van der Waals surface area (Å²) in [5, 5.41) is 15.7. The van der Waals surface area contributed by atoms with Crippen LogP contribution in [0.15, 0.2) is 42.9 Å². The second-order valence-electron chi connectivity index (χ2n) is 8.21. The third-order valence-electron chi connectivity index (χ3n) is 5.80. The van der Waals surface area contributed by atoms with Gasteiger partial charge in [-0.1, -0.05) is 6.92 Å². The molecule has 0 radical (unpaired) electrons. The van der Waals surface area contributed by atoms with Gasteiger partial charge in [0.1, 0.15) is 12.4 Å². The molecule has 1 aliphatic rings. The van der Waals surface area contributed by atoms with E-state index in [4.69, 9.17) is 5.26 Å². The molecule has 1 fully saturated rings. The van der Waals surface area contributed by atoms with Crippen molar-refractivity contribution in [1.29, 1.82) is 5.26 Å². The first kappa shape index (κ1) is 22.5. The largest absolute Gasteiger partial charge is 0.416 e.